The van der Waals surface area contributed by atoms with Crippen LogP contribution in [0.5, 0.6) is 0 Å². The Labute approximate surface area is 209 Å². The molecule has 5 rings (SSSR count). The van der Waals surface area contributed by atoms with Crippen LogP contribution in [0.2, 0.25) is 5.02 Å². The molecule has 1 aliphatic carbocycles. The van der Waals surface area contributed by atoms with Crippen molar-refractivity contribution < 1.29 is 0 Å². The van der Waals surface area contributed by atoms with Gasteiger partial charge in [0.2, 0.25) is 0 Å². The molecule has 2 aromatic carbocycles. The van der Waals surface area contributed by atoms with Gasteiger partial charge in [-0.05, 0) is 112 Å². The quantitative estimate of drug-likeness (QED) is 0.394. The zero-order chi connectivity index (χ0) is 23.2. The maximum absolute atomic E-state index is 6.51. The second-order valence-corrected chi connectivity index (χ2v) is 11.9. The second kappa shape index (κ2) is 9.32. The molecule has 2 nitrogen and oxygen atoms in total. The smallest absolute Gasteiger partial charge is 0.0454 e. The molecule has 2 fully saturated rings. The first-order valence-corrected chi connectivity index (χ1v) is 14.2. The molecule has 2 aromatic rings. The summed E-state index contributed by atoms with van der Waals surface area (Å²) in [7, 11) is 0. The highest BCUT2D eigenvalue weighted by molar-refractivity contribution is 7.98. The van der Waals surface area contributed by atoms with E-state index in [4.69, 9.17) is 18.2 Å². The third-order valence-corrected chi connectivity index (χ3v) is 9.55. The number of aryl methyl sites for hydroxylation is 1. The van der Waals surface area contributed by atoms with Gasteiger partial charge >= 0.3 is 0 Å². The minimum absolute atomic E-state index is 0.0585. The van der Waals surface area contributed by atoms with E-state index in [1.54, 1.807) is 0 Å². The fraction of sp³-hybridized carbons (Fsp3) is 0.517. The second-order valence-electron chi connectivity index (χ2n) is 10.6. The van der Waals surface area contributed by atoms with E-state index in [2.05, 4.69) is 72.4 Å². The van der Waals surface area contributed by atoms with Crippen LogP contribution in [0.15, 0.2) is 59.6 Å². The van der Waals surface area contributed by atoms with E-state index in [1.807, 2.05) is 11.8 Å². The predicted molar refractivity (Wildman–Crippen MR) is 144 cm³/mol. The van der Waals surface area contributed by atoms with Gasteiger partial charge < -0.3 is 9.80 Å². The Hall–Kier alpha value is -1.42. The first-order chi connectivity index (χ1) is 15.9. The zero-order valence-corrected chi connectivity index (χ0v) is 21.9. The summed E-state index contributed by atoms with van der Waals surface area (Å²) >= 11 is 8.32. The SMILES string of the molecule is C=C1N(C2CC(C)C2)c2ccc(Cl)cc2C12CCN(C(C)CCc1ccc(SC)cc1)CC2. The van der Waals surface area contributed by atoms with Crippen molar-refractivity contribution in [2.75, 3.05) is 24.2 Å². The fourth-order valence-corrected chi connectivity index (χ4v) is 6.96. The van der Waals surface area contributed by atoms with Crippen molar-refractivity contribution >= 4 is 29.1 Å². The first kappa shape index (κ1) is 23.3. The Balaban J connectivity index is 1.27. The number of halogens is 1. The van der Waals surface area contributed by atoms with Crippen molar-refractivity contribution in [1.29, 1.82) is 0 Å². The van der Waals surface area contributed by atoms with Gasteiger partial charge in [-0.1, -0.05) is 37.2 Å². The van der Waals surface area contributed by atoms with Gasteiger partial charge in [0.15, 0.2) is 0 Å². The number of likely N-dealkylation sites (tertiary alicyclic amines) is 1. The van der Waals surface area contributed by atoms with Gasteiger partial charge in [0, 0.05) is 38.8 Å². The average Bonchev–Trinajstić information content (AvgIpc) is 3.03. The van der Waals surface area contributed by atoms with Gasteiger partial charge in [0.25, 0.3) is 0 Å². The van der Waals surface area contributed by atoms with Crippen LogP contribution in [0.1, 0.15) is 57.1 Å². The van der Waals surface area contributed by atoms with Crippen molar-refractivity contribution in [2.24, 2.45) is 5.92 Å². The summed E-state index contributed by atoms with van der Waals surface area (Å²) in [5.74, 6) is 0.828. The van der Waals surface area contributed by atoms with E-state index in [1.165, 1.54) is 46.7 Å². The van der Waals surface area contributed by atoms with Gasteiger partial charge in [-0.15, -0.1) is 11.8 Å². The summed E-state index contributed by atoms with van der Waals surface area (Å²) < 4.78 is 0. The molecule has 33 heavy (non-hydrogen) atoms. The average molecular weight is 481 g/mol. The van der Waals surface area contributed by atoms with Crippen molar-refractivity contribution in [1.82, 2.24) is 4.90 Å². The number of anilines is 1. The number of nitrogens with zero attached hydrogens (tertiary/aromatic N) is 2. The van der Waals surface area contributed by atoms with Gasteiger partial charge in [-0.3, -0.25) is 0 Å². The highest BCUT2D eigenvalue weighted by atomic mass is 35.5. The molecule has 0 amide bonds. The van der Waals surface area contributed by atoms with E-state index in [0.717, 1.165) is 43.3 Å². The molecule has 1 atom stereocenters. The lowest BCUT2D eigenvalue weighted by Crippen LogP contribution is -2.49. The highest BCUT2D eigenvalue weighted by Crippen LogP contribution is 2.56. The molecule has 1 unspecified atom stereocenters. The Morgan fingerprint density at radius 1 is 1.12 bits per heavy atom. The third kappa shape index (κ3) is 4.26. The minimum Gasteiger partial charge on any atom is -0.341 e. The van der Waals surface area contributed by atoms with Crippen molar-refractivity contribution in [3.05, 3.63) is 70.9 Å². The molecule has 0 aromatic heterocycles. The largest absolute Gasteiger partial charge is 0.341 e. The van der Waals surface area contributed by atoms with Crippen molar-refractivity contribution in [3.63, 3.8) is 0 Å². The number of fused-ring (bicyclic) bond motifs is 2. The molecule has 2 heterocycles. The number of piperidine rings is 1. The molecule has 176 valence electrons. The topological polar surface area (TPSA) is 6.48 Å². The Morgan fingerprint density at radius 2 is 1.82 bits per heavy atom. The normalized spacial score (nSPS) is 25.2. The lowest BCUT2D eigenvalue weighted by molar-refractivity contribution is 0.131. The van der Waals surface area contributed by atoms with E-state index in [0.29, 0.717) is 12.1 Å². The lowest BCUT2D eigenvalue weighted by Gasteiger charge is -2.46. The van der Waals surface area contributed by atoms with E-state index >= 15 is 0 Å². The minimum atomic E-state index is 0.0585. The molecule has 1 spiro atoms. The molecule has 0 N–H and O–H groups in total. The van der Waals surface area contributed by atoms with Crippen LogP contribution in [-0.2, 0) is 11.8 Å². The van der Waals surface area contributed by atoms with Gasteiger partial charge in [-0.25, -0.2) is 0 Å². The Bertz CT molecular complexity index is 1000. The number of allylic oxidation sites excluding steroid dienone is 1. The van der Waals surface area contributed by atoms with Gasteiger partial charge in [0.1, 0.15) is 0 Å². The Kier molecular flexibility index (Phi) is 6.59. The van der Waals surface area contributed by atoms with Crippen molar-refractivity contribution in [3.8, 4) is 0 Å². The van der Waals surface area contributed by atoms with E-state index in [9.17, 15) is 0 Å². The van der Waals surface area contributed by atoms with Crippen LogP contribution in [-0.4, -0.2) is 36.3 Å². The molecule has 3 aliphatic rings. The predicted octanol–water partition coefficient (Wildman–Crippen LogP) is 7.55. The third-order valence-electron chi connectivity index (χ3n) is 8.58. The number of hydrogen-bond donors (Lipinski definition) is 0. The van der Waals surface area contributed by atoms with Gasteiger partial charge in [-0.2, -0.15) is 0 Å². The number of rotatable bonds is 6. The maximum atomic E-state index is 6.51. The first-order valence-electron chi connectivity index (χ1n) is 12.6. The van der Waals surface area contributed by atoms with E-state index in [-0.39, 0.29) is 5.41 Å². The molecule has 2 aliphatic heterocycles. The van der Waals surface area contributed by atoms with Crippen LogP contribution >= 0.6 is 23.4 Å². The van der Waals surface area contributed by atoms with Crippen LogP contribution in [0.3, 0.4) is 0 Å². The van der Waals surface area contributed by atoms with Crippen LogP contribution in [0.4, 0.5) is 5.69 Å². The summed E-state index contributed by atoms with van der Waals surface area (Å²) in [4.78, 5) is 6.63. The standard InChI is InChI=1S/C29H37ClN2S/c1-20-17-25(18-20)32-22(3)29(27-19-24(30)9-12-28(27)32)13-15-31(16-14-29)21(2)5-6-23-7-10-26(33-4)11-8-23/h7-12,19-21,25H,3,5-6,13-18H2,1-2,4H3. The van der Waals surface area contributed by atoms with Crippen LogP contribution < -0.4 is 4.90 Å². The monoisotopic (exact) mass is 480 g/mol. The summed E-state index contributed by atoms with van der Waals surface area (Å²) in [6.45, 7) is 11.7. The summed E-state index contributed by atoms with van der Waals surface area (Å²) in [6, 6.07) is 16.8. The van der Waals surface area contributed by atoms with E-state index < -0.39 is 0 Å². The van der Waals surface area contributed by atoms with Crippen LogP contribution in [0.25, 0.3) is 0 Å². The Morgan fingerprint density at radius 3 is 2.45 bits per heavy atom. The number of benzene rings is 2. The summed E-state index contributed by atoms with van der Waals surface area (Å²) in [5, 5.41) is 0.855. The molecule has 0 radical (unpaired) electrons. The lowest BCUT2D eigenvalue weighted by atomic mass is 9.71. The summed E-state index contributed by atoms with van der Waals surface area (Å²) in [5.41, 5.74) is 5.64. The molecular formula is C29H37ClN2S. The molecule has 1 saturated carbocycles. The summed E-state index contributed by atoms with van der Waals surface area (Å²) in [6.07, 6.45) is 9.33. The highest BCUT2D eigenvalue weighted by Gasteiger charge is 2.51. The van der Waals surface area contributed by atoms with Gasteiger partial charge in [0.05, 0.1) is 0 Å². The number of thioether (sulfide) groups is 1. The fourth-order valence-electron chi connectivity index (χ4n) is 6.38. The zero-order valence-electron chi connectivity index (χ0n) is 20.3. The molecular weight excluding hydrogens is 444 g/mol. The number of hydrogen-bond acceptors (Lipinski definition) is 3. The molecule has 4 heteroatoms. The van der Waals surface area contributed by atoms with Crippen LogP contribution in [0, 0.1) is 5.92 Å². The molecule has 1 saturated heterocycles. The van der Waals surface area contributed by atoms with Crippen molar-refractivity contribution in [2.45, 2.75) is 74.8 Å². The molecule has 0 bridgehead atoms. The maximum Gasteiger partial charge on any atom is 0.0454 e.